The number of hydrogen-bond donors (Lipinski definition) is 1. The molecule has 3 rings (SSSR count). The summed E-state index contributed by atoms with van der Waals surface area (Å²) in [5.41, 5.74) is 0.976. The molecule has 1 aromatic heterocycles. The van der Waals surface area contributed by atoms with Crippen molar-refractivity contribution in [3.8, 4) is 11.3 Å². The second-order valence-corrected chi connectivity index (χ2v) is 5.20. The van der Waals surface area contributed by atoms with Gasteiger partial charge in [0.15, 0.2) is 0 Å². The van der Waals surface area contributed by atoms with E-state index in [1.807, 2.05) is 36.4 Å². The Balaban J connectivity index is 1.65. The van der Waals surface area contributed by atoms with Gasteiger partial charge in [0.05, 0.1) is 6.54 Å². The Bertz CT molecular complexity index is 584. The van der Waals surface area contributed by atoms with Crippen molar-refractivity contribution in [2.45, 2.75) is 19.4 Å². The van der Waals surface area contributed by atoms with Gasteiger partial charge < -0.3 is 9.73 Å². The fourth-order valence-corrected chi connectivity index (χ4v) is 2.03. The number of hydrogen-bond acceptors (Lipinski definition) is 2. The lowest BCUT2D eigenvalue weighted by atomic mass is 10.2. The minimum absolute atomic E-state index is 0.129. The number of carbonyl (C=O) groups is 1. The minimum atomic E-state index is 0.129. The summed E-state index contributed by atoms with van der Waals surface area (Å²) in [6.07, 6.45) is 2.03. The molecule has 1 amide bonds. The molecule has 3 nitrogen and oxygen atoms in total. The number of furan rings is 1. The van der Waals surface area contributed by atoms with E-state index < -0.39 is 0 Å². The predicted octanol–water partition coefficient (Wildman–Crippen LogP) is 3.63. The fourth-order valence-electron chi connectivity index (χ4n) is 1.91. The second kappa shape index (κ2) is 5.10. The van der Waals surface area contributed by atoms with Gasteiger partial charge in [-0.15, -0.1) is 0 Å². The third-order valence-corrected chi connectivity index (χ3v) is 3.43. The smallest absolute Gasteiger partial charge is 0.223 e. The maximum Gasteiger partial charge on any atom is 0.223 e. The number of rotatable bonds is 4. The van der Waals surface area contributed by atoms with Gasteiger partial charge in [-0.1, -0.05) is 11.6 Å². The molecule has 1 aliphatic rings. The molecule has 0 spiro atoms. The van der Waals surface area contributed by atoms with E-state index >= 15 is 0 Å². The Morgan fingerprint density at radius 3 is 2.63 bits per heavy atom. The Hall–Kier alpha value is -1.74. The molecule has 1 aromatic carbocycles. The first kappa shape index (κ1) is 12.3. The third-order valence-electron chi connectivity index (χ3n) is 3.18. The molecular formula is C15H14ClNO2. The standard InChI is InChI=1S/C15H14ClNO2/c16-12-5-3-10(4-6-12)14-8-7-13(19-14)9-17-15(18)11-1-2-11/h3-8,11H,1-2,9H2,(H,17,18). The van der Waals surface area contributed by atoms with Gasteiger partial charge in [-0.05, 0) is 49.2 Å². The van der Waals surface area contributed by atoms with Crippen molar-refractivity contribution >= 4 is 17.5 Å². The van der Waals surface area contributed by atoms with Gasteiger partial charge in [-0.3, -0.25) is 4.79 Å². The molecule has 0 bridgehead atoms. The van der Waals surface area contributed by atoms with Crippen molar-refractivity contribution in [3.63, 3.8) is 0 Å². The summed E-state index contributed by atoms with van der Waals surface area (Å²) in [5.74, 6) is 1.90. The van der Waals surface area contributed by atoms with E-state index in [4.69, 9.17) is 16.0 Å². The van der Waals surface area contributed by atoms with E-state index in [9.17, 15) is 4.79 Å². The van der Waals surface area contributed by atoms with E-state index in [1.54, 1.807) is 0 Å². The van der Waals surface area contributed by atoms with Gasteiger partial charge in [0.25, 0.3) is 0 Å². The minimum Gasteiger partial charge on any atom is -0.459 e. The zero-order valence-corrected chi connectivity index (χ0v) is 11.1. The molecule has 4 heteroatoms. The highest BCUT2D eigenvalue weighted by Gasteiger charge is 2.29. The lowest BCUT2D eigenvalue weighted by molar-refractivity contribution is -0.122. The average molecular weight is 276 g/mol. The van der Waals surface area contributed by atoms with Crippen LogP contribution in [0.2, 0.25) is 5.02 Å². The highest BCUT2D eigenvalue weighted by atomic mass is 35.5. The van der Waals surface area contributed by atoms with Gasteiger partial charge in [-0.2, -0.15) is 0 Å². The Morgan fingerprint density at radius 2 is 1.95 bits per heavy atom. The van der Waals surface area contributed by atoms with E-state index in [2.05, 4.69) is 5.32 Å². The third kappa shape index (κ3) is 2.99. The Kier molecular flexibility index (Phi) is 3.30. The van der Waals surface area contributed by atoms with Crippen LogP contribution in [-0.4, -0.2) is 5.91 Å². The molecule has 19 heavy (non-hydrogen) atoms. The fraction of sp³-hybridized carbons (Fsp3) is 0.267. The van der Waals surface area contributed by atoms with Crippen LogP contribution in [0.25, 0.3) is 11.3 Å². The van der Waals surface area contributed by atoms with Gasteiger partial charge in [0.2, 0.25) is 5.91 Å². The average Bonchev–Trinajstić information content (AvgIpc) is 3.16. The largest absolute Gasteiger partial charge is 0.459 e. The number of nitrogens with one attached hydrogen (secondary N) is 1. The monoisotopic (exact) mass is 275 g/mol. The normalized spacial score (nSPS) is 14.4. The SMILES string of the molecule is O=C(NCc1ccc(-c2ccc(Cl)cc2)o1)C1CC1. The maximum atomic E-state index is 11.5. The zero-order valence-electron chi connectivity index (χ0n) is 10.4. The molecule has 1 aliphatic carbocycles. The predicted molar refractivity (Wildman–Crippen MR) is 73.7 cm³/mol. The van der Waals surface area contributed by atoms with E-state index in [1.165, 1.54) is 0 Å². The topological polar surface area (TPSA) is 42.2 Å². The van der Waals surface area contributed by atoms with Crippen molar-refractivity contribution in [2.75, 3.05) is 0 Å². The van der Waals surface area contributed by atoms with Crippen LogP contribution in [0.4, 0.5) is 0 Å². The van der Waals surface area contributed by atoms with Crippen LogP contribution < -0.4 is 5.32 Å². The first-order valence-electron chi connectivity index (χ1n) is 6.35. The van der Waals surface area contributed by atoms with Crippen LogP contribution in [0.3, 0.4) is 0 Å². The van der Waals surface area contributed by atoms with Crippen molar-refractivity contribution in [2.24, 2.45) is 5.92 Å². The molecule has 0 unspecified atom stereocenters. The molecule has 1 N–H and O–H groups in total. The van der Waals surface area contributed by atoms with E-state index in [0.29, 0.717) is 11.6 Å². The van der Waals surface area contributed by atoms with Crippen LogP contribution in [0.15, 0.2) is 40.8 Å². The van der Waals surface area contributed by atoms with Crippen molar-refractivity contribution in [1.82, 2.24) is 5.32 Å². The number of halogens is 1. The molecule has 0 radical (unpaired) electrons. The van der Waals surface area contributed by atoms with Crippen molar-refractivity contribution < 1.29 is 9.21 Å². The summed E-state index contributed by atoms with van der Waals surface area (Å²) >= 11 is 5.85. The summed E-state index contributed by atoms with van der Waals surface area (Å²) in [7, 11) is 0. The van der Waals surface area contributed by atoms with E-state index in [-0.39, 0.29) is 11.8 Å². The summed E-state index contributed by atoms with van der Waals surface area (Å²) in [6.45, 7) is 0.447. The highest BCUT2D eigenvalue weighted by molar-refractivity contribution is 6.30. The van der Waals surface area contributed by atoms with Crippen molar-refractivity contribution in [3.05, 3.63) is 47.2 Å². The summed E-state index contributed by atoms with van der Waals surface area (Å²) < 4.78 is 5.70. The molecule has 1 heterocycles. The van der Waals surface area contributed by atoms with Crippen LogP contribution in [0.5, 0.6) is 0 Å². The number of benzene rings is 1. The quantitative estimate of drug-likeness (QED) is 0.926. The highest BCUT2D eigenvalue weighted by Crippen LogP contribution is 2.29. The second-order valence-electron chi connectivity index (χ2n) is 4.76. The Labute approximate surface area is 116 Å². The first-order chi connectivity index (χ1) is 9.22. The number of amides is 1. The van der Waals surface area contributed by atoms with Gasteiger partial charge >= 0.3 is 0 Å². The molecule has 1 saturated carbocycles. The molecule has 2 aromatic rings. The zero-order chi connectivity index (χ0) is 13.2. The number of carbonyl (C=O) groups excluding carboxylic acids is 1. The summed E-state index contributed by atoms with van der Waals surface area (Å²) in [6, 6.07) is 11.3. The lowest BCUT2D eigenvalue weighted by Gasteiger charge is -2.01. The summed E-state index contributed by atoms with van der Waals surface area (Å²) in [5, 5.41) is 3.58. The molecule has 1 fully saturated rings. The van der Waals surface area contributed by atoms with Crippen LogP contribution in [-0.2, 0) is 11.3 Å². The summed E-state index contributed by atoms with van der Waals surface area (Å²) in [4.78, 5) is 11.5. The molecule has 0 aliphatic heterocycles. The Morgan fingerprint density at radius 1 is 1.21 bits per heavy atom. The molecule has 98 valence electrons. The lowest BCUT2D eigenvalue weighted by Crippen LogP contribution is -2.23. The van der Waals surface area contributed by atoms with Gasteiger partial charge in [-0.25, -0.2) is 0 Å². The molecule has 0 saturated heterocycles. The van der Waals surface area contributed by atoms with Crippen molar-refractivity contribution in [1.29, 1.82) is 0 Å². The first-order valence-corrected chi connectivity index (χ1v) is 6.72. The maximum absolute atomic E-state index is 11.5. The van der Waals surface area contributed by atoms with E-state index in [0.717, 1.165) is 29.9 Å². The molecular weight excluding hydrogens is 262 g/mol. The van der Waals surface area contributed by atoms with Gasteiger partial charge in [0.1, 0.15) is 11.5 Å². The molecule has 0 atom stereocenters. The van der Waals surface area contributed by atoms with Crippen LogP contribution >= 0.6 is 11.6 Å². The van der Waals surface area contributed by atoms with Crippen LogP contribution in [0.1, 0.15) is 18.6 Å². The van der Waals surface area contributed by atoms with Crippen LogP contribution in [0, 0.1) is 5.92 Å². The van der Waals surface area contributed by atoms with Gasteiger partial charge in [0, 0.05) is 16.5 Å².